The summed E-state index contributed by atoms with van der Waals surface area (Å²) in [6, 6.07) is 2.75. The van der Waals surface area contributed by atoms with Crippen LogP contribution in [-0.4, -0.2) is 46.8 Å². The lowest BCUT2D eigenvalue weighted by Gasteiger charge is -2.23. The molecule has 0 fully saturated rings. The number of nitrogens with zero attached hydrogens (tertiary/aromatic N) is 2. The zero-order valence-electron chi connectivity index (χ0n) is 9.74. The standard InChI is InChI=1S/C11H13F3N2O2/c1-8-6-9(2-3-15-8)10(18)16(4-5-17)7-11(12,13)14/h2-3,6,17H,4-5,7H2,1H3. The Kier molecular flexibility index (Phi) is 4.66. The van der Waals surface area contributed by atoms with Crippen LogP contribution in [0.1, 0.15) is 16.1 Å². The van der Waals surface area contributed by atoms with E-state index in [4.69, 9.17) is 5.11 Å². The summed E-state index contributed by atoms with van der Waals surface area (Å²) in [7, 11) is 0. The lowest BCUT2D eigenvalue weighted by atomic mass is 10.2. The van der Waals surface area contributed by atoms with Gasteiger partial charge in [-0.15, -0.1) is 0 Å². The SMILES string of the molecule is Cc1cc(C(=O)N(CCO)CC(F)(F)F)ccn1. The molecule has 0 bridgehead atoms. The summed E-state index contributed by atoms with van der Waals surface area (Å²) in [5, 5.41) is 8.71. The Balaban J connectivity index is 2.89. The van der Waals surface area contributed by atoms with E-state index in [0.717, 1.165) is 0 Å². The van der Waals surface area contributed by atoms with Gasteiger partial charge in [-0.3, -0.25) is 9.78 Å². The van der Waals surface area contributed by atoms with Crippen LogP contribution in [0.15, 0.2) is 18.3 Å². The molecule has 1 rings (SSSR count). The molecule has 0 spiro atoms. The number of carbonyl (C=O) groups is 1. The van der Waals surface area contributed by atoms with Crippen LogP contribution < -0.4 is 0 Å². The first-order valence-electron chi connectivity index (χ1n) is 5.23. The maximum atomic E-state index is 12.3. The maximum Gasteiger partial charge on any atom is 0.406 e. The number of amides is 1. The summed E-state index contributed by atoms with van der Waals surface area (Å²) >= 11 is 0. The fourth-order valence-corrected chi connectivity index (χ4v) is 1.45. The van der Waals surface area contributed by atoms with E-state index in [1.807, 2.05) is 0 Å². The third-order valence-electron chi connectivity index (χ3n) is 2.17. The summed E-state index contributed by atoms with van der Waals surface area (Å²) < 4.78 is 36.9. The number of aliphatic hydroxyl groups is 1. The monoisotopic (exact) mass is 262 g/mol. The van der Waals surface area contributed by atoms with E-state index in [1.54, 1.807) is 6.92 Å². The van der Waals surface area contributed by atoms with Crippen LogP contribution in [0.4, 0.5) is 13.2 Å². The number of aromatic nitrogens is 1. The molecule has 0 aliphatic rings. The van der Waals surface area contributed by atoms with Crippen LogP contribution >= 0.6 is 0 Å². The van der Waals surface area contributed by atoms with E-state index in [1.165, 1.54) is 18.3 Å². The molecule has 0 saturated carbocycles. The van der Waals surface area contributed by atoms with Crippen molar-refractivity contribution in [2.24, 2.45) is 0 Å². The van der Waals surface area contributed by atoms with E-state index in [0.29, 0.717) is 10.6 Å². The van der Waals surface area contributed by atoms with E-state index >= 15 is 0 Å². The molecule has 0 atom stereocenters. The van der Waals surface area contributed by atoms with Gasteiger partial charge in [0.25, 0.3) is 5.91 Å². The van der Waals surface area contributed by atoms with Gasteiger partial charge >= 0.3 is 6.18 Å². The van der Waals surface area contributed by atoms with Crippen LogP contribution in [0.5, 0.6) is 0 Å². The minimum absolute atomic E-state index is 0.125. The van der Waals surface area contributed by atoms with Gasteiger partial charge in [-0.2, -0.15) is 13.2 Å². The van der Waals surface area contributed by atoms with Crippen molar-refractivity contribution in [1.29, 1.82) is 0 Å². The fourth-order valence-electron chi connectivity index (χ4n) is 1.45. The highest BCUT2D eigenvalue weighted by molar-refractivity contribution is 5.94. The van der Waals surface area contributed by atoms with E-state index in [2.05, 4.69) is 4.98 Å². The Morgan fingerprint density at radius 1 is 1.50 bits per heavy atom. The molecular weight excluding hydrogens is 249 g/mol. The first kappa shape index (κ1) is 14.4. The van der Waals surface area contributed by atoms with Crippen molar-refractivity contribution in [3.63, 3.8) is 0 Å². The van der Waals surface area contributed by atoms with Gasteiger partial charge < -0.3 is 10.0 Å². The molecule has 1 aromatic heterocycles. The molecule has 0 radical (unpaired) electrons. The van der Waals surface area contributed by atoms with Gasteiger partial charge in [0.05, 0.1) is 6.61 Å². The minimum Gasteiger partial charge on any atom is -0.395 e. The summed E-state index contributed by atoms with van der Waals surface area (Å²) in [5.41, 5.74) is 0.664. The summed E-state index contributed by atoms with van der Waals surface area (Å²) in [5.74, 6) is -0.771. The molecule has 0 aliphatic heterocycles. The normalized spacial score (nSPS) is 11.4. The number of rotatable bonds is 4. The second kappa shape index (κ2) is 5.81. The molecule has 1 amide bonds. The van der Waals surface area contributed by atoms with Crippen molar-refractivity contribution < 1.29 is 23.1 Å². The van der Waals surface area contributed by atoms with E-state index < -0.39 is 25.2 Å². The first-order chi connectivity index (χ1) is 8.33. The van der Waals surface area contributed by atoms with Crippen molar-refractivity contribution in [2.45, 2.75) is 13.1 Å². The molecule has 0 unspecified atom stereocenters. The number of alkyl halides is 3. The number of hydrogen-bond donors (Lipinski definition) is 1. The largest absolute Gasteiger partial charge is 0.406 e. The number of pyridine rings is 1. The number of hydrogen-bond acceptors (Lipinski definition) is 3. The highest BCUT2D eigenvalue weighted by Gasteiger charge is 2.33. The molecule has 1 heterocycles. The Morgan fingerprint density at radius 2 is 2.17 bits per heavy atom. The highest BCUT2D eigenvalue weighted by Crippen LogP contribution is 2.18. The van der Waals surface area contributed by atoms with Crippen molar-refractivity contribution in [2.75, 3.05) is 19.7 Å². The molecule has 0 aliphatic carbocycles. The molecular formula is C11H13F3N2O2. The van der Waals surface area contributed by atoms with Gasteiger partial charge in [0.15, 0.2) is 0 Å². The lowest BCUT2D eigenvalue weighted by Crippen LogP contribution is -2.40. The van der Waals surface area contributed by atoms with E-state index in [-0.39, 0.29) is 12.1 Å². The number of carbonyl (C=O) groups excluding carboxylic acids is 1. The van der Waals surface area contributed by atoms with Crippen molar-refractivity contribution >= 4 is 5.91 Å². The Hall–Kier alpha value is -1.63. The van der Waals surface area contributed by atoms with Crippen LogP contribution in [-0.2, 0) is 0 Å². The summed E-state index contributed by atoms with van der Waals surface area (Å²) in [4.78, 5) is 16.3. The smallest absolute Gasteiger partial charge is 0.395 e. The Bertz CT molecular complexity index is 421. The fraction of sp³-hybridized carbons (Fsp3) is 0.455. The van der Waals surface area contributed by atoms with Gasteiger partial charge in [0.1, 0.15) is 6.54 Å². The Morgan fingerprint density at radius 3 is 2.67 bits per heavy atom. The highest BCUT2D eigenvalue weighted by atomic mass is 19.4. The quantitative estimate of drug-likeness (QED) is 0.892. The van der Waals surface area contributed by atoms with Crippen molar-refractivity contribution in [1.82, 2.24) is 9.88 Å². The lowest BCUT2D eigenvalue weighted by molar-refractivity contribution is -0.141. The second-order valence-electron chi connectivity index (χ2n) is 3.75. The zero-order chi connectivity index (χ0) is 13.8. The molecule has 100 valence electrons. The molecule has 1 aromatic rings. The number of aryl methyl sites for hydroxylation is 1. The molecule has 7 heteroatoms. The second-order valence-corrected chi connectivity index (χ2v) is 3.75. The van der Waals surface area contributed by atoms with Crippen molar-refractivity contribution in [3.8, 4) is 0 Å². The van der Waals surface area contributed by atoms with Crippen LogP contribution in [0.2, 0.25) is 0 Å². The summed E-state index contributed by atoms with van der Waals surface area (Å²) in [6.45, 7) is -0.629. The van der Waals surface area contributed by atoms with Crippen LogP contribution in [0, 0.1) is 6.92 Å². The average molecular weight is 262 g/mol. The van der Waals surface area contributed by atoms with E-state index in [9.17, 15) is 18.0 Å². The number of aliphatic hydroxyl groups excluding tert-OH is 1. The third kappa shape index (κ3) is 4.33. The zero-order valence-corrected chi connectivity index (χ0v) is 9.74. The third-order valence-corrected chi connectivity index (χ3v) is 2.17. The topological polar surface area (TPSA) is 53.4 Å². The molecule has 0 aromatic carbocycles. The van der Waals surface area contributed by atoms with Crippen LogP contribution in [0.25, 0.3) is 0 Å². The van der Waals surface area contributed by atoms with Gasteiger partial charge in [-0.05, 0) is 19.1 Å². The molecule has 4 nitrogen and oxygen atoms in total. The molecule has 0 saturated heterocycles. The first-order valence-corrected chi connectivity index (χ1v) is 5.23. The maximum absolute atomic E-state index is 12.3. The van der Waals surface area contributed by atoms with Gasteiger partial charge in [-0.25, -0.2) is 0 Å². The predicted octanol–water partition coefficient (Wildman–Crippen LogP) is 1.39. The van der Waals surface area contributed by atoms with Gasteiger partial charge in [0.2, 0.25) is 0 Å². The van der Waals surface area contributed by atoms with Gasteiger partial charge in [0, 0.05) is 24.0 Å². The molecule has 18 heavy (non-hydrogen) atoms. The minimum atomic E-state index is -4.49. The predicted molar refractivity (Wildman–Crippen MR) is 58.0 cm³/mol. The average Bonchev–Trinajstić information content (AvgIpc) is 2.26. The van der Waals surface area contributed by atoms with Gasteiger partial charge in [-0.1, -0.05) is 0 Å². The number of halogens is 3. The summed E-state index contributed by atoms with van der Waals surface area (Å²) in [6.07, 6.45) is -3.14. The van der Waals surface area contributed by atoms with Crippen LogP contribution in [0.3, 0.4) is 0 Å². The Labute approximate surface area is 102 Å². The molecule has 1 N–H and O–H groups in total. The van der Waals surface area contributed by atoms with Crippen molar-refractivity contribution in [3.05, 3.63) is 29.6 Å².